The molecule has 10 heteroatoms. The van der Waals surface area contributed by atoms with E-state index in [0.29, 0.717) is 29.6 Å². The zero-order valence-electron chi connectivity index (χ0n) is 18.3. The van der Waals surface area contributed by atoms with Gasteiger partial charge in [0.25, 0.3) is 0 Å². The topological polar surface area (TPSA) is 88.7 Å². The summed E-state index contributed by atoms with van der Waals surface area (Å²) in [7, 11) is 1.93. The van der Waals surface area contributed by atoms with Gasteiger partial charge in [0.2, 0.25) is 11.8 Å². The standard InChI is InChI=1S/C23H25F2N7O/c1-30(13-15-6-2-3-10-31(15)14-16-17(24)7-4-8-18(16)25)20-12-21-27-22(19-9-5-11-33-19)29-32(21)23(26)28-20/h4-5,7-9,11-12,15H,2-3,6,10,13-14H2,1H3,(H2,26,28). The van der Waals surface area contributed by atoms with Crippen molar-refractivity contribution < 1.29 is 13.2 Å². The third-order valence-corrected chi connectivity index (χ3v) is 6.13. The Bertz CT molecular complexity index is 1240. The van der Waals surface area contributed by atoms with E-state index in [2.05, 4.69) is 20.0 Å². The van der Waals surface area contributed by atoms with Crippen LogP contribution in [-0.4, -0.2) is 50.7 Å². The molecule has 4 aromatic rings. The average molecular weight is 453 g/mol. The van der Waals surface area contributed by atoms with Crippen LogP contribution in [0.5, 0.6) is 0 Å². The van der Waals surface area contributed by atoms with Gasteiger partial charge < -0.3 is 15.1 Å². The van der Waals surface area contributed by atoms with Crippen molar-refractivity contribution in [3.63, 3.8) is 0 Å². The molecule has 0 amide bonds. The monoisotopic (exact) mass is 453 g/mol. The summed E-state index contributed by atoms with van der Waals surface area (Å²) in [5.74, 6) is 0.831. The van der Waals surface area contributed by atoms with Crippen LogP contribution >= 0.6 is 0 Å². The van der Waals surface area contributed by atoms with Crippen molar-refractivity contribution in [2.24, 2.45) is 0 Å². The van der Waals surface area contributed by atoms with Gasteiger partial charge in [-0.1, -0.05) is 12.5 Å². The summed E-state index contributed by atoms with van der Waals surface area (Å²) in [6.45, 7) is 1.66. The lowest BCUT2D eigenvalue weighted by molar-refractivity contribution is 0.140. The summed E-state index contributed by atoms with van der Waals surface area (Å²) in [4.78, 5) is 13.2. The molecule has 0 spiro atoms. The van der Waals surface area contributed by atoms with E-state index in [9.17, 15) is 8.78 Å². The van der Waals surface area contributed by atoms with E-state index in [0.717, 1.165) is 25.8 Å². The van der Waals surface area contributed by atoms with Crippen LogP contribution in [0.3, 0.4) is 0 Å². The number of piperidine rings is 1. The van der Waals surface area contributed by atoms with Gasteiger partial charge in [0, 0.05) is 37.8 Å². The quantitative estimate of drug-likeness (QED) is 0.476. The van der Waals surface area contributed by atoms with Gasteiger partial charge in [0.1, 0.15) is 17.5 Å². The molecule has 1 saturated heterocycles. The van der Waals surface area contributed by atoms with Crippen LogP contribution in [0.15, 0.2) is 47.1 Å². The van der Waals surface area contributed by atoms with Crippen molar-refractivity contribution >= 4 is 17.4 Å². The number of nitrogen functional groups attached to an aromatic ring is 1. The molecule has 1 aromatic carbocycles. The average Bonchev–Trinajstić information content (AvgIpc) is 3.47. The Hall–Kier alpha value is -3.53. The number of benzene rings is 1. The molecular weight excluding hydrogens is 428 g/mol. The lowest BCUT2D eigenvalue weighted by Crippen LogP contribution is -2.46. The van der Waals surface area contributed by atoms with Gasteiger partial charge in [0.15, 0.2) is 11.4 Å². The minimum atomic E-state index is -0.508. The number of fused-ring (bicyclic) bond motifs is 1. The molecule has 0 bridgehead atoms. The van der Waals surface area contributed by atoms with Gasteiger partial charge in [-0.05, 0) is 43.7 Å². The number of hydrogen-bond acceptors (Lipinski definition) is 7. The number of nitrogens with zero attached hydrogens (tertiary/aromatic N) is 6. The summed E-state index contributed by atoms with van der Waals surface area (Å²) < 4.78 is 35.3. The van der Waals surface area contributed by atoms with Gasteiger partial charge >= 0.3 is 0 Å². The van der Waals surface area contributed by atoms with E-state index in [1.165, 1.54) is 22.7 Å². The highest BCUT2D eigenvalue weighted by Crippen LogP contribution is 2.25. The van der Waals surface area contributed by atoms with Crippen LogP contribution in [0.25, 0.3) is 17.2 Å². The fourth-order valence-electron chi connectivity index (χ4n) is 4.38. The van der Waals surface area contributed by atoms with Crippen LogP contribution in [0, 0.1) is 11.6 Å². The molecule has 1 aliphatic rings. The maximum atomic E-state index is 14.2. The van der Waals surface area contributed by atoms with Crippen molar-refractivity contribution in [1.82, 2.24) is 24.5 Å². The van der Waals surface area contributed by atoms with Crippen LogP contribution in [0.1, 0.15) is 24.8 Å². The second-order valence-electron chi connectivity index (χ2n) is 8.36. The van der Waals surface area contributed by atoms with E-state index >= 15 is 0 Å². The molecular formula is C23H25F2N7O. The van der Waals surface area contributed by atoms with Gasteiger partial charge in [-0.15, -0.1) is 5.10 Å². The first kappa shape index (κ1) is 21.3. The largest absolute Gasteiger partial charge is 0.461 e. The highest BCUT2D eigenvalue weighted by atomic mass is 19.1. The summed E-state index contributed by atoms with van der Waals surface area (Å²) in [6.07, 6.45) is 4.57. The highest BCUT2D eigenvalue weighted by Gasteiger charge is 2.26. The van der Waals surface area contributed by atoms with Gasteiger partial charge in [-0.2, -0.15) is 9.50 Å². The second kappa shape index (κ2) is 8.78. The number of anilines is 2. The molecule has 3 aromatic heterocycles. The summed E-state index contributed by atoms with van der Waals surface area (Å²) in [6, 6.07) is 9.50. The van der Waals surface area contributed by atoms with E-state index in [1.54, 1.807) is 18.4 Å². The summed E-state index contributed by atoms with van der Waals surface area (Å²) in [5, 5.41) is 4.37. The van der Waals surface area contributed by atoms with Crippen molar-refractivity contribution in [2.45, 2.75) is 31.8 Å². The summed E-state index contributed by atoms with van der Waals surface area (Å²) in [5.41, 5.74) is 6.83. The number of likely N-dealkylation sites (N-methyl/N-ethyl adjacent to an activating group) is 1. The second-order valence-corrected chi connectivity index (χ2v) is 8.36. The van der Waals surface area contributed by atoms with E-state index in [-0.39, 0.29) is 24.1 Å². The van der Waals surface area contributed by atoms with E-state index < -0.39 is 11.6 Å². The molecule has 0 saturated carbocycles. The Morgan fingerprint density at radius 1 is 1.15 bits per heavy atom. The number of rotatable bonds is 6. The van der Waals surface area contributed by atoms with Gasteiger partial charge in [-0.3, -0.25) is 4.90 Å². The Morgan fingerprint density at radius 2 is 1.97 bits per heavy atom. The zero-order valence-corrected chi connectivity index (χ0v) is 18.3. The molecule has 172 valence electrons. The van der Waals surface area contributed by atoms with Crippen LogP contribution < -0.4 is 10.6 Å². The normalized spacial score (nSPS) is 17.0. The number of likely N-dealkylation sites (tertiary alicyclic amines) is 1. The Morgan fingerprint density at radius 3 is 2.73 bits per heavy atom. The third kappa shape index (κ3) is 4.25. The molecule has 5 rings (SSSR count). The SMILES string of the molecule is CN(CC1CCCCN1Cc1c(F)cccc1F)c1cc2nc(-c3ccco3)nn2c(N)n1. The van der Waals surface area contributed by atoms with Crippen LogP contribution in [-0.2, 0) is 6.54 Å². The fraction of sp³-hybridized carbons (Fsp3) is 0.348. The smallest absolute Gasteiger partial charge is 0.225 e. The van der Waals surface area contributed by atoms with Crippen LogP contribution in [0.4, 0.5) is 20.5 Å². The molecule has 33 heavy (non-hydrogen) atoms. The Balaban J connectivity index is 1.36. The molecule has 2 N–H and O–H groups in total. The fourth-order valence-corrected chi connectivity index (χ4v) is 4.38. The lowest BCUT2D eigenvalue weighted by atomic mass is 10.0. The number of aromatic nitrogens is 4. The molecule has 8 nitrogen and oxygen atoms in total. The van der Waals surface area contributed by atoms with Crippen molar-refractivity contribution in [1.29, 1.82) is 0 Å². The molecule has 4 heterocycles. The first-order valence-electron chi connectivity index (χ1n) is 10.9. The zero-order chi connectivity index (χ0) is 22.9. The number of nitrogens with two attached hydrogens (primary N) is 1. The minimum absolute atomic E-state index is 0.116. The van der Waals surface area contributed by atoms with E-state index in [1.807, 2.05) is 18.0 Å². The highest BCUT2D eigenvalue weighted by molar-refractivity contribution is 5.59. The number of hydrogen-bond donors (Lipinski definition) is 1. The number of halogens is 2. The van der Waals surface area contributed by atoms with Crippen molar-refractivity contribution in [3.8, 4) is 11.6 Å². The molecule has 1 fully saturated rings. The van der Waals surface area contributed by atoms with Crippen molar-refractivity contribution in [3.05, 3.63) is 59.9 Å². The molecule has 0 aliphatic carbocycles. The van der Waals surface area contributed by atoms with E-state index in [4.69, 9.17) is 10.2 Å². The molecule has 0 radical (unpaired) electrons. The molecule has 1 atom stereocenters. The predicted octanol–water partition coefficient (Wildman–Crippen LogP) is 3.74. The predicted molar refractivity (Wildman–Crippen MR) is 121 cm³/mol. The van der Waals surface area contributed by atoms with Crippen molar-refractivity contribution in [2.75, 3.05) is 30.8 Å². The first-order chi connectivity index (χ1) is 16.0. The minimum Gasteiger partial charge on any atom is -0.461 e. The van der Waals surface area contributed by atoms with Gasteiger partial charge in [0.05, 0.1) is 6.26 Å². The Kier molecular flexibility index (Phi) is 5.67. The molecule has 1 unspecified atom stereocenters. The third-order valence-electron chi connectivity index (χ3n) is 6.13. The summed E-state index contributed by atoms with van der Waals surface area (Å²) >= 11 is 0. The Labute approximate surface area is 189 Å². The first-order valence-corrected chi connectivity index (χ1v) is 10.9. The van der Waals surface area contributed by atoms with Crippen LogP contribution in [0.2, 0.25) is 0 Å². The maximum absolute atomic E-state index is 14.2. The maximum Gasteiger partial charge on any atom is 0.225 e. The van der Waals surface area contributed by atoms with Gasteiger partial charge in [-0.25, -0.2) is 13.8 Å². The number of furan rings is 1. The lowest BCUT2D eigenvalue weighted by Gasteiger charge is -2.38. The molecule has 1 aliphatic heterocycles.